The minimum Gasteiger partial charge on any atom is -0.281 e. The van der Waals surface area contributed by atoms with Crippen LogP contribution in [0.1, 0.15) is 17.0 Å². The molecule has 2 aromatic heterocycles. The van der Waals surface area contributed by atoms with Crippen LogP contribution in [0.25, 0.3) is 16.9 Å². The average Bonchev–Trinajstić information content (AvgIpc) is 2.77. The van der Waals surface area contributed by atoms with Crippen LogP contribution in [0.4, 0.5) is 0 Å². The van der Waals surface area contributed by atoms with Gasteiger partial charge in [-0.2, -0.15) is 0 Å². The largest absolute Gasteiger partial charge is 0.281 e. The van der Waals surface area contributed by atoms with Crippen molar-refractivity contribution in [3.05, 3.63) is 52.4 Å². The minimum absolute atomic E-state index is 0.486. The van der Waals surface area contributed by atoms with Crippen molar-refractivity contribution in [2.75, 3.05) is 5.88 Å². The van der Waals surface area contributed by atoms with E-state index in [-0.39, 0.29) is 0 Å². The number of rotatable bonds is 3. The number of pyridine rings is 1. The third kappa shape index (κ3) is 2.63. The molecule has 0 spiro atoms. The standard InChI is InChI=1S/C16H15Cl2N3/c1-10-9-14(18)20-16-15(10)19-11(2)21(16)13-5-3-12(4-6-13)7-8-17/h3-6,9H,7-8H2,1-2H3. The molecule has 1 aromatic carbocycles. The zero-order valence-corrected chi connectivity index (χ0v) is 13.4. The number of hydrogen-bond donors (Lipinski definition) is 0. The zero-order chi connectivity index (χ0) is 15.0. The number of fused-ring (bicyclic) bond motifs is 1. The Balaban J connectivity index is 2.17. The van der Waals surface area contributed by atoms with E-state index >= 15 is 0 Å². The van der Waals surface area contributed by atoms with E-state index in [9.17, 15) is 0 Å². The molecule has 0 aliphatic heterocycles. The Hall–Kier alpha value is -1.58. The summed E-state index contributed by atoms with van der Waals surface area (Å²) in [4.78, 5) is 9.05. The predicted octanol–water partition coefficient (Wildman–Crippen LogP) is 4.47. The molecule has 108 valence electrons. The van der Waals surface area contributed by atoms with Crippen molar-refractivity contribution in [3.63, 3.8) is 0 Å². The first-order valence-electron chi connectivity index (χ1n) is 6.77. The van der Waals surface area contributed by atoms with Crippen LogP contribution in [0.2, 0.25) is 5.15 Å². The van der Waals surface area contributed by atoms with Gasteiger partial charge in [-0.1, -0.05) is 23.7 Å². The van der Waals surface area contributed by atoms with Crippen molar-refractivity contribution < 1.29 is 0 Å². The Bertz CT molecular complexity index is 791. The smallest absolute Gasteiger partial charge is 0.166 e. The molecule has 0 saturated heterocycles. The fourth-order valence-corrected chi connectivity index (χ4v) is 2.96. The molecule has 3 aromatic rings. The van der Waals surface area contributed by atoms with Gasteiger partial charge in [-0.15, -0.1) is 11.6 Å². The second-order valence-corrected chi connectivity index (χ2v) is 5.80. The van der Waals surface area contributed by atoms with Gasteiger partial charge in [0.1, 0.15) is 16.5 Å². The van der Waals surface area contributed by atoms with Crippen LogP contribution in [0.15, 0.2) is 30.3 Å². The lowest BCUT2D eigenvalue weighted by atomic mass is 10.1. The van der Waals surface area contributed by atoms with Crippen molar-refractivity contribution in [2.24, 2.45) is 0 Å². The molecular formula is C16H15Cl2N3. The van der Waals surface area contributed by atoms with Crippen molar-refractivity contribution in [3.8, 4) is 5.69 Å². The number of benzene rings is 1. The number of nitrogens with zero attached hydrogens (tertiary/aromatic N) is 3. The highest BCUT2D eigenvalue weighted by Gasteiger charge is 2.13. The highest BCUT2D eigenvalue weighted by Crippen LogP contribution is 2.24. The van der Waals surface area contributed by atoms with Gasteiger partial charge in [0.15, 0.2) is 5.65 Å². The zero-order valence-electron chi connectivity index (χ0n) is 11.9. The molecule has 21 heavy (non-hydrogen) atoms. The first-order valence-corrected chi connectivity index (χ1v) is 7.69. The summed E-state index contributed by atoms with van der Waals surface area (Å²) < 4.78 is 2.03. The Labute approximate surface area is 133 Å². The molecule has 0 radical (unpaired) electrons. The summed E-state index contributed by atoms with van der Waals surface area (Å²) in [7, 11) is 0. The molecule has 0 bridgehead atoms. The fraction of sp³-hybridized carbons (Fsp3) is 0.250. The normalized spacial score (nSPS) is 11.2. The molecule has 2 heterocycles. The summed E-state index contributed by atoms with van der Waals surface area (Å²) >= 11 is 11.9. The SMILES string of the molecule is Cc1cc(Cl)nc2c1nc(C)n2-c1ccc(CCCl)cc1. The molecule has 0 N–H and O–H groups in total. The van der Waals surface area contributed by atoms with Gasteiger partial charge < -0.3 is 0 Å². The van der Waals surface area contributed by atoms with E-state index in [1.165, 1.54) is 5.56 Å². The summed E-state index contributed by atoms with van der Waals surface area (Å²) in [5.74, 6) is 1.52. The second kappa shape index (κ2) is 5.66. The molecule has 0 aliphatic carbocycles. The van der Waals surface area contributed by atoms with E-state index in [1.54, 1.807) is 0 Å². The van der Waals surface area contributed by atoms with Crippen LogP contribution < -0.4 is 0 Å². The van der Waals surface area contributed by atoms with Crippen molar-refractivity contribution in [2.45, 2.75) is 20.3 Å². The van der Waals surface area contributed by atoms with Gasteiger partial charge in [0.2, 0.25) is 0 Å². The summed E-state index contributed by atoms with van der Waals surface area (Å²) in [5.41, 5.74) is 4.97. The summed E-state index contributed by atoms with van der Waals surface area (Å²) in [5, 5.41) is 0.486. The van der Waals surface area contributed by atoms with Gasteiger partial charge in [0, 0.05) is 11.6 Å². The third-order valence-corrected chi connectivity index (χ3v) is 3.90. The Morgan fingerprint density at radius 2 is 1.81 bits per heavy atom. The van der Waals surface area contributed by atoms with Gasteiger partial charge >= 0.3 is 0 Å². The van der Waals surface area contributed by atoms with Gasteiger partial charge in [0.25, 0.3) is 0 Å². The van der Waals surface area contributed by atoms with Crippen molar-refractivity contribution in [1.29, 1.82) is 0 Å². The summed E-state index contributed by atoms with van der Waals surface area (Å²) in [6.45, 7) is 3.97. The van der Waals surface area contributed by atoms with Gasteiger partial charge in [-0.3, -0.25) is 4.57 Å². The molecule has 5 heteroatoms. The Morgan fingerprint density at radius 1 is 1.10 bits per heavy atom. The fourth-order valence-electron chi connectivity index (χ4n) is 2.50. The molecule has 0 saturated carbocycles. The van der Waals surface area contributed by atoms with Gasteiger partial charge in [-0.25, -0.2) is 9.97 Å². The summed E-state index contributed by atoms with van der Waals surface area (Å²) in [6, 6.07) is 10.1. The van der Waals surface area contributed by atoms with Gasteiger partial charge in [-0.05, 0) is 49.6 Å². The maximum atomic E-state index is 6.09. The van der Waals surface area contributed by atoms with E-state index in [4.69, 9.17) is 23.2 Å². The van der Waals surface area contributed by atoms with E-state index < -0.39 is 0 Å². The van der Waals surface area contributed by atoms with Crippen LogP contribution in [-0.2, 0) is 6.42 Å². The lowest BCUT2D eigenvalue weighted by Crippen LogP contribution is -1.99. The lowest BCUT2D eigenvalue weighted by molar-refractivity contribution is 0.984. The van der Waals surface area contributed by atoms with E-state index in [0.29, 0.717) is 11.0 Å². The molecular weight excluding hydrogens is 305 g/mol. The maximum Gasteiger partial charge on any atom is 0.166 e. The number of alkyl halides is 1. The molecule has 0 aliphatic rings. The van der Waals surface area contributed by atoms with E-state index in [0.717, 1.165) is 34.7 Å². The molecule has 0 atom stereocenters. The van der Waals surface area contributed by atoms with E-state index in [2.05, 4.69) is 34.2 Å². The Kier molecular flexibility index (Phi) is 3.87. The first kappa shape index (κ1) is 14.4. The molecule has 3 nitrogen and oxygen atoms in total. The van der Waals surface area contributed by atoms with Crippen LogP contribution in [0.5, 0.6) is 0 Å². The molecule has 0 unspecified atom stereocenters. The highest BCUT2D eigenvalue weighted by atomic mass is 35.5. The predicted molar refractivity (Wildman–Crippen MR) is 87.8 cm³/mol. The maximum absolute atomic E-state index is 6.09. The molecule has 0 amide bonds. The van der Waals surface area contributed by atoms with Crippen LogP contribution >= 0.6 is 23.2 Å². The lowest BCUT2D eigenvalue weighted by Gasteiger charge is -2.08. The first-order chi connectivity index (χ1) is 10.1. The number of imidazole rings is 1. The Morgan fingerprint density at radius 3 is 2.48 bits per heavy atom. The van der Waals surface area contributed by atoms with Crippen LogP contribution in [0.3, 0.4) is 0 Å². The number of aryl methyl sites for hydroxylation is 3. The second-order valence-electron chi connectivity index (χ2n) is 5.03. The number of hydrogen-bond acceptors (Lipinski definition) is 2. The number of aromatic nitrogens is 3. The quantitative estimate of drug-likeness (QED) is 0.526. The molecule has 3 rings (SSSR count). The minimum atomic E-state index is 0.486. The van der Waals surface area contributed by atoms with Crippen LogP contribution in [-0.4, -0.2) is 20.4 Å². The van der Waals surface area contributed by atoms with Crippen molar-refractivity contribution in [1.82, 2.24) is 14.5 Å². The highest BCUT2D eigenvalue weighted by molar-refractivity contribution is 6.29. The monoisotopic (exact) mass is 319 g/mol. The topological polar surface area (TPSA) is 30.7 Å². The molecule has 0 fully saturated rings. The third-order valence-electron chi connectivity index (χ3n) is 3.52. The summed E-state index contributed by atoms with van der Waals surface area (Å²) in [6.07, 6.45) is 0.870. The van der Waals surface area contributed by atoms with Crippen molar-refractivity contribution >= 4 is 34.4 Å². The average molecular weight is 320 g/mol. The van der Waals surface area contributed by atoms with E-state index in [1.807, 2.05) is 24.5 Å². The van der Waals surface area contributed by atoms with Gasteiger partial charge in [0.05, 0.1) is 0 Å². The van der Waals surface area contributed by atoms with Crippen LogP contribution in [0, 0.1) is 13.8 Å². The number of halogens is 2.